The summed E-state index contributed by atoms with van der Waals surface area (Å²) in [5.41, 5.74) is 8.56. The van der Waals surface area contributed by atoms with Gasteiger partial charge in [-0.2, -0.15) is 5.26 Å². The lowest BCUT2D eigenvalue weighted by atomic mass is 9.88. The molecular formula is C23H24N4O3. The van der Waals surface area contributed by atoms with E-state index in [0.29, 0.717) is 17.9 Å². The van der Waals surface area contributed by atoms with Crippen molar-refractivity contribution >= 4 is 5.96 Å². The third-order valence-corrected chi connectivity index (χ3v) is 5.98. The minimum absolute atomic E-state index is 0.0728. The highest BCUT2D eigenvalue weighted by atomic mass is 16.7. The molecule has 30 heavy (non-hydrogen) atoms. The van der Waals surface area contributed by atoms with Gasteiger partial charge in [-0.3, -0.25) is 0 Å². The molecule has 3 aliphatic heterocycles. The highest BCUT2D eigenvalue weighted by molar-refractivity contribution is 5.79. The van der Waals surface area contributed by atoms with Crippen LogP contribution >= 0.6 is 0 Å². The van der Waals surface area contributed by atoms with Gasteiger partial charge in [-0.25, -0.2) is 14.9 Å². The van der Waals surface area contributed by atoms with Crippen LogP contribution in [0, 0.1) is 11.3 Å². The molecule has 0 aromatic heterocycles. The zero-order valence-corrected chi connectivity index (χ0v) is 16.9. The number of ether oxygens (including phenoxy) is 2. The number of hydroxylamine groups is 2. The van der Waals surface area contributed by atoms with Crippen molar-refractivity contribution in [1.29, 1.82) is 5.26 Å². The predicted molar refractivity (Wildman–Crippen MR) is 111 cm³/mol. The highest BCUT2D eigenvalue weighted by Gasteiger charge is 2.49. The first-order valence-electron chi connectivity index (χ1n) is 10.3. The smallest absolute Gasteiger partial charge is 0.221 e. The van der Waals surface area contributed by atoms with E-state index in [1.807, 2.05) is 36.4 Å². The summed E-state index contributed by atoms with van der Waals surface area (Å²) >= 11 is 0. The molecule has 3 aliphatic rings. The minimum atomic E-state index is -0.918. The summed E-state index contributed by atoms with van der Waals surface area (Å²) in [4.78, 5) is 10.9. The molecule has 0 amide bonds. The van der Waals surface area contributed by atoms with Crippen LogP contribution in [0.5, 0.6) is 5.75 Å². The molecule has 2 aromatic carbocycles. The highest BCUT2D eigenvalue weighted by Crippen LogP contribution is 2.48. The van der Waals surface area contributed by atoms with Crippen molar-refractivity contribution in [3.8, 4) is 22.9 Å². The Kier molecular flexibility index (Phi) is 4.61. The Bertz CT molecular complexity index is 1040. The lowest BCUT2D eigenvalue weighted by molar-refractivity contribution is -0.192. The number of nitrogens with two attached hydrogens (primary N) is 1. The van der Waals surface area contributed by atoms with Crippen LogP contribution in [-0.4, -0.2) is 36.9 Å². The number of hydrogen-bond acceptors (Lipinski definition) is 7. The molecule has 3 atom stereocenters. The molecule has 7 heteroatoms. The second-order valence-corrected chi connectivity index (χ2v) is 8.06. The molecule has 2 aromatic rings. The fraction of sp³-hybridized carbons (Fsp3) is 0.391. The van der Waals surface area contributed by atoms with E-state index >= 15 is 0 Å². The van der Waals surface area contributed by atoms with Gasteiger partial charge in [0, 0.05) is 26.5 Å². The second-order valence-electron chi connectivity index (χ2n) is 8.06. The maximum atomic E-state index is 9.24. The number of benzene rings is 2. The maximum Gasteiger partial charge on any atom is 0.221 e. The van der Waals surface area contributed by atoms with Gasteiger partial charge < -0.3 is 15.2 Å². The van der Waals surface area contributed by atoms with E-state index in [0.717, 1.165) is 48.3 Å². The van der Waals surface area contributed by atoms with Crippen LogP contribution < -0.4 is 10.5 Å². The molecule has 1 saturated heterocycles. The van der Waals surface area contributed by atoms with E-state index in [4.69, 9.17) is 25.0 Å². The third kappa shape index (κ3) is 3.28. The van der Waals surface area contributed by atoms with E-state index in [1.54, 1.807) is 13.1 Å². The molecule has 3 heterocycles. The van der Waals surface area contributed by atoms with E-state index in [1.165, 1.54) is 5.06 Å². The Morgan fingerprint density at radius 3 is 2.83 bits per heavy atom. The van der Waals surface area contributed by atoms with Crippen molar-refractivity contribution in [1.82, 2.24) is 5.06 Å². The molecule has 1 spiro atoms. The number of fused-ring (bicyclic) bond motifs is 2. The van der Waals surface area contributed by atoms with E-state index < -0.39 is 5.72 Å². The monoisotopic (exact) mass is 404 g/mol. The number of hydrogen-bond donors (Lipinski definition) is 1. The summed E-state index contributed by atoms with van der Waals surface area (Å²) in [6, 6.07) is 15.7. The number of rotatable bonds is 3. The van der Waals surface area contributed by atoms with Gasteiger partial charge in [-0.1, -0.05) is 18.2 Å². The topological polar surface area (TPSA) is 93.1 Å². The minimum Gasteiger partial charge on any atom is -0.490 e. The van der Waals surface area contributed by atoms with Gasteiger partial charge in [0.15, 0.2) is 0 Å². The first-order valence-corrected chi connectivity index (χ1v) is 10.3. The Balaban J connectivity index is 1.54. The summed E-state index contributed by atoms with van der Waals surface area (Å²) in [5.74, 6) is 1.09. The third-order valence-electron chi connectivity index (χ3n) is 5.98. The molecule has 5 rings (SSSR count). The van der Waals surface area contributed by atoms with Crippen LogP contribution in [0.2, 0.25) is 0 Å². The van der Waals surface area contributed by atoms with E-state index in [9.17, 15) is 5.26 Å². The Morgan fingerprint density at radius 2 is 2.10 bits per heavy atom. The molecule has 0 unspecified atom stereocenters. The molecule has 0 radical (unpaired) electrons. The summed E-state index contributed by atoms with van der Waals surface area (Å²) in [5, 5.41) is 10.8. The van der Waals surface area contributed by atoms with Crippen molar-refractivity contribution in [2.45, 2.75) is 43.6 Å². The molecule has 0 saturated carbocycles. The van der Waals surface area contributed by atoms with Gasteiger partial charge in [0.05, 0.1) is 23.3 Å². The molecule has 154 valence electrons. The molecule has 7 nitrogen and oxygen atoms in total. The van der Waals surface area contributed by atoms with Gasteiger partial charge >= 0.3 is 0 Å². The van der Waals surface area contributed by atoms with Crippen molar-refractivity contribution in [3.05, 3.63) is 53.6 Å². The quantitative estimate of drug-likeness (QED) is 0.844. The normalized spacial score (nSPS) is 27.5. The molecular weight excluding hydrogens is 380 g/mol. The van der Waals surface area contributed by atoms with Crippen LogP contribution in [0.15, 0.2) is 47.5 Å². The van der Waals surface area contributed by atoms with Gasteiger partial charge in [0.2, 0.25) is 11.7 Å². The van der Waals surface area contributed by atoms with Gasteiger partial charge in [-0.15, -0.1) is 0 Å². The molecule has 2 N–H and O–H groups in total. The van der Waals surface area contributed by atoms with Crippen LogP contribution in [0.4, 0.5) is 0 Å². The number of aliphatic imine (C=N–C) groups is 1. The molecule has 0 bridgehead atoms. The number of nitrogens with zero attached hydrogens (tertiary/aromatic N) is 3. The zero-order valence-electron chi connectivity index (χ0n) is 16.9. The fourth-order valence-corrected chi connectivity index (χ4v) is 4.52. The lowest BCUT2D eigenvalue weighted by Gasteiger charge is -2.37. The number of nitriles is 1. The molecule has 0 aliphatic carbocycles. The molecule has 1 fully saturated rings. The first-order chi connectivity index (χ1) is 14.6. The SMILES string of the molecule is CN1O[C@]2(C[C@@H](C[C@@H]3CCCO3)Oc3ccc(-c4cccc(C#N)c4)cc32)N=C1N. The van der Waals surface area contributed by atoms with Gasteiger partial charge in [0.1, 0.15) is 11.9 Å². The fourth-order valence-electron chi connectivity index (χ4n) is 4.52. The van der Waals surface area contributed by atoms with Crippen molar-refractivity contribution in [2.24, 2.45) is 10.7 Å². The standard InChI is InChI=1S/C23H24N4O3/c1-27-22(25)26-23(30-27)13-19(12-18-6-3-9-28-18)29-21-8-7-17(11-20(21)23)16-5-2-4-15(10-16)14-24/h2,4-5,7-8,10-11,18-19H,3,6,9,12-13H2,1H3,(H2,25,26)/t18-,19+,23-/m0/s1. The van der Waals surface area contributed by atoms with E-state index in [2.05, 4.69) is 6.07 Å². The van der Waals surface area contributed by atoms with Crippen LogP contribution in [0.1, 0.15) is 36.8 Å². The average molecular weight is 404 g/mol. The Labute approximate surface area is 175 Å². The maximum absolute atomic E-state index is 9.24. The number of guanidine groups is 1. The Morgan fingerprint density at radius 1 is 1.23 bits per heavy atom. The predicted octanol–water partition coefficient (Wildman–Crippen LogP) is 3.29. The zero-order chi connectivity index (χ0) is 20.7. The first kappa shape index (κ1) is 18.9. The van der Waals surface area contributed by atoms with Gasteiger partial charge in [-0.05, 0) is 48.2 Å². The van der Waals surface area contributed by atoms with Gasteiger partial charge in [0.25, 0.3) is 0 Å². The van der Waals surface area contributed by atoms with Crippen molar-refractivity contribution in [3.63, 3.8) is 0 Å². The largest absolute Gasteiger partial charge is 0.490 e. The lowest BCUT2D eigenvalue weighted by Crippen LogP contribution is -2.40. The second kappa shape index (κ2) is 7.31. The van der Waals surface area contributed by atoms with Crippen LogP contribution in [0.3, 0.4) is 0 Å². The Hall–Kier alpha value is -3.08. The van der Waals surface area contributed by atoms with Crippen LogP contribution in [-0.2, 0) is 15.3 Å². The summed E-state index contributed by atoms with van der Waals surface area (Å²) < 4.78 is 12.2. The summed E-state index contributed by atoms with van der Waals surface area (Å²) in [7, 11) is 1.76. The summed E-state index contributed by atoms with van der Waals surface area (Å²) in [6.07, 6.45) is 3.65. The van der Waals surface area contributed by atoms with E-state index in [-0.39, 0.29) is 12.2 Å². The average Bonchev–Trinajstić information content (AvgIpc) is 3.36. The van der Waals surface area contributed by atoms with Crippen LogP contribution in [0.25, 0.3) is 11.1 Å². The van der Waals surface area contributed by atoms with Crippen molar-refractivity contribution < 1.29 is 14.3 Å². The summed E-state index contributed by atoms with van der Waals surface area (Å²) in [6.45, 7) is 0.814. The van der Waals surface area contributed by atoms with Crippen molar-refractivity contribution in [2.75, 3.05) is 13.7 Å².